The SMILES string of the molecule is O=C1NC[C@@H]2CCC[C@@H]12. The summed E-state index contributed by atoms with van der Waals surface area (Å²) in [6.07, 6.45) is 3.67. The normalized spacial score (nSPS) is 40.7. The quantitative estimate of drug-likeness (QED) is 0.502. The van der Waals surface area contributed by atoms with Crippen molar-refractivity contribution in [1.82, 2.24) is 5.32 Å². The number of carbonyl (C=O) groups is 1. The molecule has 0 spiro atoms. The van der Waals surface area contributed by atoms with Crippen LogP contribution in [0.4, 0.5) is 0 Å². The van der Waals surface area contributed by atoms with E-state index in [1.807, 2.05) is 0 Å². The Morgan fingerprint density at radius 2 is 2.33 bits per heavy atom. The maximum Gasteiger partial charge on any atom is 0.223 e. The van der Waals surface area contributed by atoms with Crippen LogP contribution in [0, 0.1) is 11.8 Å². The van der Waals surface area contributed by atoms with E-state index >= 15 is 0 Å². The lowest BCUT2D eigenvalue weighted by molar-refractivity contribution is -0.122. The van der Waals surface area contributed by atoms with Gasteiger partial charge in [-0.05, 0) is 18.8 Å². The van der Waals surface area contributed by atoms with Gasteiger partial charge in [-0.25, -0.2) is 0 Å². The van der Waals surface area contributed by atoms with Gasteiger partial charge in [0.25, 0.3) is 0 Å². The number of rotatable bonds is 0. The van der Waals surface area contributed by atoms with Crippen LogP contribution in [0.25, 0.3) is 0 Å². The zero-order valence-electron chi connectivity index (χ0n) is 5.39. The van der Waals surface area contributed by atoms with E-state index in [0.717, 1.165) is 13.0 Å². The van der Waals surface area contributed by atoms with Crippen LogP contribution in [0.3, 0.4) is 0 Å². The highest BCUT2D eigenvalue weighted by Crippen LogP contribution is 2.34. The molecule has 1 saturated heterocycles. The fraction of sp³-hybridized carbons (Fsp3) is 0.857. The van der Waals surface area contributed by atoms with Crippen molar-refractivity contribution >= 4 is 5.91 Å². The zero-order valence-corrected chi connectivity index (χ0v) is 5.39. The molecule has 0 aromatic carbocycles. The van der Waals surface area contributed by atoms with Gasteiger partial charge in [-0.3, -0.25) is 4.79 Å². The first-order valence-electron chi connectivity index (χ1n) is 3.65. The first-order valence-corrected chi connectivity index (χ1v) is 3.65. The van der Waals surface area contributed by atoms with Crippen LogP contribution in [0.5, 0.6) is 0 Å². The summed E-state index contributed by atoms with van der Waals surface area (Å²) in [5.74, 6) is 1.39. The molecule has 2 fully saturated rings. The van der Waals surface area contributed by atoms with E-state index < -0.39 is 0 Å². The first-order chi connectivity index (χ1) is 4.38. The van der Waals surface area contributed by atoms with Crippen LogP contribution in [-0.2, 0) is 4.79 Å². The predicted molar refractivity (Wildman–Crippen MR) is 33.8 cm³/mol. The highest BCUT2D eigenvalue weighted by molar-refractivity contribution is 5.81. The molecular weight excluding hydrogens is 114 g/mol. The molecule has 0 aromatic heterocycles. The van der Waals surface area contributed by atoms with Gasteiger partial charge in [-0.15, -0.1) is 0 Å². The number of amides is 1. The lowest BCUT2D eigenvalue weighted by Gasteiger charge is -2.00. The molecule has 2 nitrogen and oxygen atoms in total. The van der Waals surface area contributed by atoms with Crippen molar-refractivity contribution in [2.24, 2.45) is 11.8 Å². The standard InChI is InChI=1S/C7H11NO/c9-7-6-3-1-2-5(6)4-8-7/h5-6H,1-4H2,(H,8,9)/t5-,6+/m0/s1. The van der Waals surface area contributed by atoms with E-state index in [0.29, 0.717) is 17.7 Å². The Balaban J connectivity index is 2.15. The second-order valence-electron chi connectivity index (χ2n) is 3.04. The van der Waals surface area contributed by atoms with Crippen molar-refractivity contribution < 1.29 is 4.79 Å². The van der Waals surface area contributed by atoms with E-state index in [1.54, 1.807) is 0 Å². The molecular formula is C7H11NO. The topological polar surface area (TPSA) is 29.1 Å². The molecule has 0 radical (unpaired) electrons. The van der Waals surface area contributed by atoms with Crippen LogP contribution in [0.1, 0.15) is 19.3 Å². The van der Waals surface area contributed by atoms with Crippen molar-refractivity contribution in [2.45, 2.75) is 19.3 Å². The zero-order chi connectivity index (χ0) is 6.27. The summed E-state index contributed by atoms with van der Waals surface area (Å²) in [5, 5.41) is 2.88. The molecule has 2 heteroatoms. The molecule has 2 aliphatic rings. The minimum Gasteiger partial charge on any atom is -0.356 e. The fourth-order valence-electron chi connectivity index (χ4n) is 1.99. The molecule has 0 unspecified atom stereocenters. The molecule has 2 atom stereocenters. The Hall–Kier alpha value is -0.530. The summed E-state index contributed by atoms with van der Waals surface area (Å²) in [4.78, 5) is 10.9. The van der Waals surface area contributed by atoms with Crippen molar-refractivity contribution in [2.75, 3.05) is 6.54 Å². The van der Waals surface area contributed by atoms with Crippen molar-refractivity contribution in [3.05, 3.63) is 0 Å². The Labute approximate surface area is 54.6 Å². The van der Waals surface area contributed by atoms with Gasteiger partial charge >= 0.3 is 0 Å². The summed E-state index contributed by atoms with van der Waals surface area (Å²) >= 11 is 0. The van der Waals surface area contributed by atoms with Gasteiger partial charge in [-0.1, -0.05) is 6.42 Å². The summed E-state index contributed by atoms with van der Waals surface area (Å²) in [7, 11) is 0. The third kappa shape index (κ3) is 0.655. The summed E-state index contributed by atoms with van der Waals surface area (Å²) in [6.45, 7) is 0.948. The number of hydrogen-bond acceptors (Lipinski definition) is 1. The van der Waals surface area contributed by atoms with Gasteiger partial charge in [0, 0.05) is 12.5 Å². The lowest BCUT2D eigenvalue weighted by Crippen LogP contribution is -2.18. The van der Waals surface area contributed by atoms with Crippen LogP contribution < -0.4 is 5.32 Å². The highest BCUT2D eigenvalue weighted by Gasteiger charge is 2.37. The van der Waals surface area contributed by atoms with E-state index in [-0.39, 0.29) is 0 Å². The highest BCUT2D eigenvalue weighted by atomic mass is 16.2. The molecule has 1 saturated carbocycles. The van der Waals surface area contributed by atoms with Gasteiger partial charge < -0.3 is 5.32 Å². The largest absolute Gasteiger partial charge is 0.356 e. The predicted octanol–water partition coefficient (Wildman–Crippen LogP) is 0.532. The van der Waals surface area contributed by atoms with E-state index in [9.17, 15) is 4.79 Å². The van der Waals surface area contributed by atoms with Gasteiger partial charge in [-0.2, -0.15) is 0 Å². The Morgan fingerprint density at radius 1 is 1.44 bits per heavy atom. The number of hydrogen-bond donors (Lipinski definition) is 1. The van der Waals surface area contributed by atoms with Gasteiger partial charge in [0.2, 0.25) is 5.91 Å². The second-order valence-corrected chi connectivity index (χ2v) is 3.04. The smallest absolute Gasteiger partial charge is 0.223 e. The molecule has 2 rings (SSSR count). The summed E-state index contributed by atoms with van der Waals surface area (Å²) in [5.41, 5.74) is 0. The molecule has 1 amide bonds. The van der Waals surface area contributed by atoms with Gasteiger partial charge in [0.05, 0.1) is 0 Å². The Bertz CT molecular complexity index is 144. The Kier molecular flexibility index (Phi) is 1.01. The van der Waals surface area contributed by atoms with Gasteiger partial charge in [0.15, 0.2) is 0 Å². The molecule has 0 bridgehead atoms. The minimum absolute atomic E-state index is 0.303. The first kappa shape index (κ1) is 5.27. The summed E-state index contributed by atoms with van der Waals surface area (Å²) < 4.78 is 0. The number of fused-ring (bicyclic) bond motifs is 1. The molecule has 50 valence electrons. The average Bonchev–Trinajstić information content (AvgIpc) is 2.35. The maximum atomic E-state index is 10.9. The third-order valence-corrected chi connectivity index (χ3v) is 2.53. The van der Waals surface area contributed by atoms with E-state index in [2.05, 4.69) is 5.32 Å². The van der Waals surface area contributed by atoms with E-state index in [1.165, 1.54) is 12.8 Å². The monoisotopic (exact) mass is 125 g/mol. The third-order valence-electron chi connectivity index (χ3n) is 2.53. The number of carbonyl (C=O) groups excluding carboxylic acids is 1. The molecule has 1 aliphatic carbocycles. The Morgan fingerprint density at radius 3 is 3.11 bits per heavy atom. The van der Waals surface area contributed by atoms with E-state index in [4.69, 9.17) is 0 Å². The number of nitrogens with one attached hydrogen (secondary N) is 1. The van der Waals surface area contributed by atoms with Crippen LogP contribution in [-0.4, -0.2) is 12.5 Å². The average molecular weight is 125 g/mol. The second kappa shape index (κ2) is 1.72. The molecule has 1 heterocycles. The maximum absolute atomic E-state index is 10.9. The lowest BCUT2D eigenvalue weighted by atomic mass is 10.0. The van der Waals surface area contributed by atoms with Crippen molar-refractivity contribution in [3.8, 4) is 0 Å². The minimum atomic E-state index is 0.303. The molecule has 0 aromatic rings. The van der Waals surface area contributed by atoms with Gasteiger partial charge in [0.1, 0.15) is 0 Å². The molecule has 9 heavy (non-hydrogen) atoms. The van der Waals surface area contributed by atoms with Crippen LogP contribution in [0.2, 0.25) is 0 Å². The van der Waals surface area contributed by atoms with Crippen LogP contribution in [0.15, 0.2) is 0 Å². The molecule has 1 N–H and O–H groups in total. The van der Waals surface area contributed by atoms with Crippen molar-refractivity contribution in [1.29, 1.82) is 0 Å². The van der Waals surface area contributed by atoms with Crippen LogP contribution >= 0.6 is 0 Å². The van der Waals surface area contributed by atoms with Crippen molar-refractivity contribution in [3.63, 3.8) is 0 Å². The summed E-state index contributed by atoms with van der Waals surface area (Å²) in [6, 6.07) is 0. The molecule has 1 aliphatic heterocycles. The fourth-order valence-corrected chi connectivity index (χ4v) is 1.99.